The molecule has 1 heterocycles. The Kier molecular flexibility index (Phi) is 3.96. The predicted octanol–water partition coefficient (Wildman–Crippen LogP) is 2.96. The van der Waals surface area contributed by atoms with Gasteiger partial charge in [0.15, 0.2) is 0 Å². The highest BCUT2D eigenvalue weighted by Crippen LogP contribution is 2.32. The maximum Gasteiger partial charge on any atom is 0.574 e. The van der Waals surface area contributed by atoms with Crippen LogP contribution in [0.15, 0.2) is 15.1 Å². The van der Waals surface area contributed by atoms with Gasteiger partial charge in [-0.3, -0.25) is 0 Å². The number of pyridine rings is 1. The Labute approximate surface area is 100 Å². The fourth-order valence-electron chi connectivity index (χ4n) is 0.849. The zero-order valence-electron chi connectivity index (χ0n) is 7.11. The van der Waals surface area contributed by atoms with Gasteiger partial charge in [-0.2, -0.15) is 0 Å². The molecular formula is C7H5Br2F3N2O. The van der Waals surface area contributed by atoms with E-state index in [4.69, 9.17) is 5.73 Å². The molecule has 0 aliphatic rings. The largest absolute Gasteiger partial charge is 0.574 e. The van der Waals surface area contributed by atoms with Crippen LogP contribution in [0, 0.1) is 0 Å². The van der Waals surface area contributed by atoms with E-state index in [1.165, 1.54) is 6.07 Å². The predicted molar refractivity (Wildman–Crippen MR) is 54.2 cm³/mol. The van der Waals surface area contributed by atoms with E-state index in [0.717, 1.165) is 0 Å². The summed E-state index contributed by atoms with van der Waals surface area (Å²) in [6.45, 7) is 0.0793. The lowest BCUT2D eigenvalue weighted by atomic mass is 10.3. The van der Waals surface area contributed by atoms with E-state index in [1.54, 1.807) is 0 Å². The highest BCUT2D eigenvalue weighted by atomic mass is 79.9. The van der Waals surface area contributed by atoms with Gasteiger partial charge in [-0.05, 0) is 43.5 Å². The number of rotatable bonds is 2. The topological polar surface area (TPSA) is 48.1 Å². The molecule has 1 aromatic rings. The van der Waals surface area contributed by atoms with Crippen molar-refractivity contribution >= 4 is 31.9 Å². The van der Waals surface area contributed by atoms with E-state index in [1.807, 2.05) is 0 Å². The lowest BCUT2D eigenvalue weighted by Crippen LogP contribution is -2.19. The summed E-state index contributed by atoms with van der Waals surface area (Å²) >= 11 is 5.90. The lowest BCUT2D eigenvalue weighted by Gasteiger charge is -2.11. The van der Waals surface area contributed by atoms with Crippen LogP contribution in [0.25, 0.3) is 0 Å². The second-order valence-electron chi connectivity index (χ2n) is 2.48. The summed E-state index contributed by atoms with van der Waals surface area (Å²) in [6, 6.07) is 1.51. The van der Waals surface area contributed by atoms with Crippen molar-refractivity contribution < 1.29 is 17.9 Å². The van der Waals surface area contributed by atoms with Crippen LogP contribution >= 0.6 is 31.9 Å². The number of alkyl halides is 3. The number of aromatic nitrogens is 1. The highest BCUT2D eigenvalue weighted by Gasteiger charge is 2.33. The van der Waals surface area contributed by atoms with Crippen LogP contribution in [0.3, 0.4) is 0 Å². The third kappa shape index (κ3) is 3.62. The van der Waals surface area contributed by atoms with Crippen molar-refractivity contribution in [3.05, 3.63) is 20.7 Å². The zero-order chi connectivity index (χ0) is 11.6. The molecule has 0 fully saturated rings. The molecule has 84 valence electrons. The van der Waals surface area contributed by atoms with E-state index in [2.05, 4.69) is 41.6 Å². The molecule has 0 aromatic carbocycles. The number of nitrogens with two attached hydrogens (primary N) is 1. The van der Waals surface area contributed by atoms with Crippen LogP contribution in [0.5, 0.6) is 5.88 Å². The summed E-state index contributed by atoms with van der Waals surface area (Å²) in [5.41, 5.74) is 5.81. The van der Waals surface area contributed by atoms with Crippen LogP contribution in [0.1, 0.15) is 5.56 Å². The van der Waals surface area contributed by atoms with Crippen molar-refractivity contribution in [1.29, 1.82) is 0 Å². The molecule has 0 amide bonds. The summed E-state index contributed by atoms with van der Waals surface area (Å²) in [4.78, 5) is 3.54. The van der Waals surface area contributed by atoms with Crippen molar-refractivity contribution in [3.8, 4) is 5.88 Å². The van der Waals surface area contributed by atoms with Gasteiger partial charge < -0.3 is 10.5 Å². The van der Waals surface area contributed by atoms with E-state index in [0.29, 0.717) is 5.56 Å². The Balaban J connectivity index is 3.12. The molecule has 0 aliphatic carbocycles. The molecule has 1 rings (SSSR count). The summed E-state index contributed by atoms with van der Waals surface area (Å²) in [7, 11) is 0. The summed E-state index contributed by atoms with van der Waals surface area (Å²) in [5.74, 6) is -0.558. The average Bonchev–Trinajstić information content (AvgIpc) is 2.08. The fourth-order valence-corrected chi connectivity index (χ4v) is 1.73. The zero-order valence-corrected chi connectivity index (χ0v) is 10.3. The van der Waals surface area contributed by atoms with Crippen molar-refractivity contribution in [3.63, 3.8) is 0 Å². The van der Waals surface area contributed by atoms with E-state index in [9.17, 15) is 13.2 Å². The second kappa shape index (κ2) is 4.67. The van der Waals surface area contributed by atoms with Crippen molar-refractivity contribution in [2.24, 2.45) is 5.73 Å². The number of hydrogen-bond donors (Lipinski definition) is 1. The minimum Gasteiger partial charge on any atom is -0.387 e. The molecule has 0 saturated heterocycles. The van der Waals surface area contributed by atoms with Gasteiger partial charge in [0, 0.05) is 6.54 Å². The summed E-state index contributed by atoms with van der Waals surface area (Å²) in [6.07, 6.45) is -4.78. The number of halogens is 5. The van der Waals surface area contributed by atoms with E-state index in [-0.39, 0.29) is 15.6 Å². The third-order valence-electron chi connectivity index (χ3n) is 1.40. The molecule has 0 saturated carbocycles. The first-order chi connectivity index (χ1) is 6.83. The molecule has 8 heteroatoms. The first kappa shape index (κ1) is 12.7. The minimum atomic E-state index is -4.78. The molecule has 0 unspecified atom stereocenters. The first-order valence-electron chi connectivity index (χ1n) is 3.64. The monoisotopic (exact) mass is 348 g/mol. The van der Waals surface area contributed by atoms with Gasteiger partial charge in [-0.25, -0.2) is 4.98 Å². The van der Waals surface area contributed by atoms with Crippen LogP contribution in [0.4, 0.5) is 13.2 Å². The Bertz CT molecular complexity index is 370. The molecule has 2 N–H and O–H groups in total. The van der Waals surface area contributed by atoms with Crippen LogP contribution < -0.4 is 10.5 Å². The molecule has 0 spiro atoms. The van der Waals surface area contributed by atoms with Gasteiger partial charge in [0.05, 0.1) is 4.47 Å². The lowest BCUT2D eigenvalue weighted by molar-refractivity contribution is -0.276. The van der Waals surface area contributed by atoms with Gasteiger partial charge >= 0.3 is 6.36 Å². The third-order valence-corrected chi connectivity index (χ3v) is 2.66. The molecule has 0 bridgehead atoms. The SMILES string of the molecule is NCc1cc(Br)nc(OC(F)(F)F)c1Br. The highest BCUT2D eigenvalue weighted by molar-refractivity contribution is 9.11. The average molecular weight is 350 g/mol. The van der Waals surface area contributed by atoms with Gasteiger partial charge in [0.2, 0.25) is 5.88 Å². The van der Waals surface area contributed by atoms with Crippen LogP contribution in [-0.2, 0) is 6.54 Å². The smallest absolute Gasteiger partial charge is 0.387 e. The Morgan fingerprint density at radius 1 is 1.40 bits per heavy atom. The first-order valence-corrected chi connectivity index (χ1v) is 5.23. The molecule has 0 aliphatic heterocycles. The fraction of sp³-hybridized carbons (Fsp3) is 0.286. The van der Waals surface area contributed by atoms with Gasteiger partial charge in [-0.1, -0.05) is 0 Å². The van der Waals surface area contributed by atoms with E-state index < -0.39 is 12.2 Å². The molecule has 3 nitrogen and oxygen atoms in total. The van der Waals surface area contributed by atoms with Crippen LogP contribution in [0.2, 0.25) is 0 Å². The van der Waals surface area contributed by atoms with Crippen molar-refractivity contribution in [2.45, 2.75) is 12.9 Å². The van der Waals surface area contributed by atoms with Gasteiger partial charge in [0.1, 0.15) is 4.60 Å². The van der Waals surface area contributed by atoms with Gasteiger partial charge in [-0.15, -0.1) is 13.2 Å². The number of hydrogen-bond acceptors (Lipinski definition) is 3. The Hall–Kier alpha value is -0.340. The number of ether oxygens (including phenoxy) is 1. The summed E-state index contributed by atoms with van der Waals surface area (Å²) in [5, 5.41) is 0. The maximum atomic E-state index is 12.0. The molecule has 0 radical (unpaired) electrons. The molecular weight excluding hydrogens is 345 g/mol. The van der Waals surface area contributed by atoms with Crippen molar-refractivity contribution in [2.75, 3.05) is 0 Å². The Morgan fingerprint density at radius 3 is 2.47 bits per heavy atom. The molecule has 0 atom stereocenters. The van der Waals surface area contributed by atoms with Crippen molar-refractivity contribution in [1.82, 2.24) is 4.98 Å². The number of nitrogens with zero attached hydrogens (tertiary/aromatic N) is 1. The standard InChI is InChI=1S/C7H5Br2F3N2O/c8-4-1-3(2-13)5(9)6(14-4)15-7(10,11)12/h1H,2,13H2. The van der Waals surface area contributed by atoms with Crippen LogP contribution in [-0.4, -0.2) is 11.3 Å². The summed E-state index contributed by atoms with van der Waals surface area (Å²) < 4.78 is 39.9. The van der Waals surface area contributed by atoms with Gasteiger partial charge in [0.25, 0.3) is 0 Å². The molecule has 15 heavy (non-hydrogen) atoms. The quantitative estimate of drug-likeness (QED) is 0.835. The maximum absolute atomic E-state index is 12.0. The van der Waals surface area contributed by atoms with E-state index >= 15 is 0 Å². The Morgan fingerprint density at radius 2 is 2.00 bits per heavy atom. The minimum absolute atomic E-state index is 0.0793. The molecule has 1 aromatic heterocycles. The second-order valence-corrected chi connectivity index (χ2v) is 4.08. The normalized spacial score (nSPS) is 11.6.